The molecule has 0 aliphatic carbocycles. The first kappa shape index (κ1) is 19.0. The maximum absolute atomic E-state index is 12.0. The summed E-state index contributed by atoms with van der Waals surface area (Å²) in [6.45, 7) is 3.13. The molecule has 2 rings (SSSR count). The molecule has 8 heteroatoms. The van der Waals surface area contributed by atoms with Crippen LogP contribution in [0.1, 0.15) is 31.7 Å². The normalized spacial score (nSPS) is 16.8. The Balaban J connectivity index is 1.75. The molecule has 134 valence electrons. The quantitative estimate of drug-likeness (QED) is 0.803. The van der Waals surface area contributed by atoms with Crippen molar-refractivity contribution in [1.29, 1.82) is 0 Å². The molecule has 0 radical (unpaired) electrons. The lowest BCUT2D eigenvalue weighted by Crippen LogP contribution is -2.49. The fourth-order valence-corrected chi connectivity index (χ4v) is 4.46. The molecule has 0 spiro atoms. The maximum Gasteiger partial charge on any atom is 0.315 e. The molecule has 1 saturated heterocycles. The van der Waals surface area contributed by atoms with Gasteiger partial charge in [-0.3, -0.25) is 0 Å². The molecule has 1 aliphatic rings. The van der Waals surface area contributed by atoms with Gasteiger partial charge in [-0.15, -0.1) is 0 Å². The van der Waals surface area contributed by atoms with Crippen LogP contribution in [0.25, 0.3) is 0 Å². The first-order valence-electron chi connectivity index (χ1n) is 8.18. The fraction of sp³-hybridized carbons (Fsp3) is 0.562. The number of urea groups is 1. The number of hydrogen-bond acceptors (Lipinski definition) is 3. The molecule has 0 unspecified atom stereocenters. The molecule has 1 heterocycles. The second-order valence-corrected chi connectivity index (χ2v) is 8.40. The zero-order valence-corrected chi connectivity index (χ0v) is 15.4. The molecular weight excluding hydrogens is 350 g/mol. The third-order valence-electron chi connectivity index (χ3n) is 4.04. The molecule has 1 aromatic rings. The van der Waals surface area contributed by atoms with E-state index in [2.05, 4.69) is 10.6 Å². The van der Waals surface area contributed by atoms with Gasteiger partial charge in [0.1, 0.15) is 0 Å². The average Bonchev–Trinajstić information content (AvgIpc) is 2.54. The van der Waals surface area contributed by atoms with Gasteiger partial charge in [0, 0.05) is 30.7 Å². The summed E-state index contributed by atoms with van der Waals surface area (Å²) >= 11 is 6.05. The van der Waals surface area contributed by atoms with Crippen molar-refractivity contribution in [3.63, 3.8) is 0 Å². The van der Waals surface area contributed by atoms with Crippen molar-refractivity contribution in [1.82, 2.24) is 14.9 Å². The van der Waals surface area contributed by atoms with Crippen LogP contribution in [0.2, 0.25) is 5.02 Å². The molecule has 1 fully saturated rings. The summed E-state index contributed by atoms with van der Waals surface area (Å²) in [6, 6.07) is 7.08. The summed E-state index contributed by atoms with van der Waals surface area (Å²) in [6.07, 6.45) is 1.87. The molecule has 0 bridgehead atoms. The largest absolute Gasteiger partial charge is 0.335 e. The van der Waals surface area contributed by atoms with Gasteiger partial charge < -0.3 is 10.6 Å². The molecule has 1 aliphatic heterocycles. The molecule has 1 aromatic carbocycles. The number of piperidine rings is 1. The Morgan fingerprint density at radius 3 is 2.58 bits per heavy atom. The van der Waals surface area contributed by atoms with Crippen molar-refractivity contribution in [2.45, 2.75) is 38.8 Å². The van der Waals surface area contributed by atoms with Crippen LogP contribution in [0.5, 0.6) is 0 Å². The van der Waals surface area contributed by atoms with E-state index in [1.54, 1.807) is 6.07 Å². The van der Waals surface area contributed by atoms with Gasteiger partial charge in [-0.25, -0.2) is 17.5 Å². The first-order valence-corrected chi connectivity index (χ1v) is 10.2. The SMILES string of the molecule is CCCS(=O)(=O)N1CCC(NC(=O)NCc2ccccc2Cl)CC1. The van der Waals surface area contributed by atoms with Crippen LogP contribution >= 0.6 is 11.6 Å². The number of halogens is 1. The number of sulfonamides is 1. The van der Waals surface area contributed by atoms with Crippen molar-refractivity contribution in [2.75, 3.05) is 18.8 Å². The highest BCUT2D eigenvalue weighted by molar-refractivity contribution is 7.89. The van der Waals surface area contributed by atoms with Crippen molar-refractivity contribution >= 4 is 27.7 Å². The number of rotatable bonds is 6. The van der Waals surface area contributed by atoms with Gasteiger partial charge in [-0.2, -0.15) is 0 Å². The van der Waals surface area contributed by atoms with E-state index in [9.17, 15) is 13.2 Å². The van der Waals surface area contributed by atoms with Crippen molar-refractivity contribution in [3.8, 4) is 0 Å². The van der Waals surface area contributed by atoms with E-state index < -0.39 is 10.0 Å². The predicted molar refractivity (Wildman–Crippen MR) is 95.5 cm³/mol. The summed E-state index contributed by atoms with van der Waals surface area (Å²) in [5.41, 5.74) is 0.856. The highest BCUT2D eigenvalue weighted by Crippen LogP contribution is 2.16. The third kappa shape index (κ3) is 5.36. The topological polar surface area (TPSA) is 78.5 Å². The minimum absolute atomic E-state index is 0.00989. The number of carbonyl (C=O) groups is 1. The lowest BCUT2D eigenvalue weighted by Gasteiger charge is -2.31. The van der Waals surface area contributed by atoms with Crippen LogP contribution in [0, 0.1) is 0 Å². The van der Waals surface area contributed by atoms with E-state index in [0.29, 0.717) is 43.9 Å². The molecule has 0 aromatic heterocycles. The van der Waals surface area contributed by atoms with Gasteiger partial charge >= 0.3 is 6.03 Å². The van der Waals surface area contributed by atoms with Crippen molar-refractivity contribution in [2.24, 2.45) is 0 Å². The highest BCUT2D eigenvalue weighted by Gasteiger charge is 2.27. The van der Waals surface area contributed by atoms with E-state index in [4.69, 9.17) is 11.6 Å². The van der Waals surface area contributed by atoms with E-state index in [1.165, 1.54) is 4.31 Å². The smallest absolute Gasteiger partial charge is 0.315 e. The van der Waals surface area contributed by atoms with Crippen LogP contribution in [0.15, 0.2) is 24.3 Å². The van der Waals surface area contributed by atoms with Crippen LogP contribution < -0.4 is 10.6 Å². The van der Waals surface area contributed by atoms with Crippen LogP contribution in [0.4, 0.5) is 4.79 Å². The standard InChI is InChI=1S/C16H24ClN3O3S/c1-2-11-24(22,23)20-9-7-14(8-10-20)19-16(21)18-12-13-5-3-4-6-15(13)17/h3-6,14H,2,7-12H2,1H3,(H2,18,19,21). The van der Waals surface area contributed by atoms with Crippen LogP contribution in [0.3, 0.4) is 0 Å². The van der Waals surface area contributed by atoms with E-state index >= 15 is 0 Å². The first-order chi connectivity index (χ1) is 11.4. The Morgan fingerprint density at radius 2 is 1.96 bits per heavy atom. The number of nitrogens with one attached hydrogen (secondary N) is 2. The molecule has 0 saturated carbocycles. The predicted octanol–water partition coefficient (Wildman–Crippen LogP) is 2.34. The number of carbonyl (C=O) groups excluding carboxylic acids is 1. The zero-order chi connectivity index (χ0) is 17.6. The molecular formula is C16H24ClN3O3S. The fourth-order valence-electron chi connectivity index (χ4n) is 2.72. The average molecular weight is 374 g/mol. The van der Waals surface area contributed by atoms with E-state index in [-0.39, 0.29) is 17.8 Å². The van der Waals surface area contributed by atoms with Crippen LogP contribution in [-0.4, -0.2) is 43.6 Å². The van der Waals surface area contributed by atoms with Crippen molar-refractivity contribution in [3.05, 3.63) is 34.9 Å². The number of hydrogen-bond donors (Lipinski definition) is 2. The summed E-state index contributed by atoms with van der Waals surface area (Å²) in [5.74, 6) is 0.184. The Morgan fingerprint density at radius 1 is 1.29 bits per heavy atom. The monoisotopic (exact) mass is 373 g/mol. The zero-order valence-electron chi connectivity index (χ0n) is 13.8. The molecule has 6 nitrogen and oxygen atoms in total. The van der Waals surface area contributed by atoms with Gasteiger partial charge in [0.15, 0.2) is 0 Å². The Kier molecular flexibility index (Phi) is 6.89. The Bertz CT molecular complexity index is 658. The number of benzene rings is 1. The van der Waals surface area contributed by atoms with Crippen molar-refractivity contribution < 1.29 is 13.2 Å². The molecule has 2 amide bonds. The molecule has 2 N–H and O–H groups in total. The van der Waals surface area contributed by atoms with Gasteiger partial charge in [0.05, 0.1) is 5.75 Å². The number of amides is 2. The second-order valence-electron chi connectivity index (χ2n) is 5.91. The lowest BCUT2D eigenvalue weighted by molar-refractivity contribution is 0.227. The minimum atomic E-state index is -3.15. The molecule has 0 atom stereocenters. The van der Waals surface area contributed by atoms with Gasteiger partial charge in [0.2, 0.25) is 10.0 Å². The van der Waals surface area contributed by atoms with Gasteiger partial charge in [0.25, 0.3) is 0 Å². The summed E-state index contributed by atoms with van der Waals surface area (Å²) in [5, 5.41) is 6.30. The Labute approximate surface area is 148 Å². The van der Waals surface area contributed by atoms with E-state index in [0.717, 1.165) is 5.56 Å². The highest BCUT2D eigenvalue weighted by atomic mass is 35.5. The van der Waals surface area contributed by atoms with E-state index in [1.807, 2.05) is 25.1 Å². The summed E-state index contributed by atoms with van der Waals surface area (Å²) in [7, 11) is -3.15. The minimum Gasteiger partial charge on any atom is -0.335 e. The maximum atomic E-state index is 12.0. The second kappa shape index (κ2) is 8.69. The third-order valence-corrected chi connectivity index (χ3v) is 6.49. The number of nitrogens with zero attached hydrogens (tertiary/aromatic N) is 1. The summed E-state index contributed by atoms with van der Waals surface area (Å²) in [4.78, 5) is 12.0. The van der Waals surface area contributed by atoms with Gasteiger partial charge in [-0.05, 0) is 30.9 Å². The van der Waals surface area contributed by atoms with Crippen LogP contribution in [-0.2, 0) is 16.6 Å². The molecule has 24 heavy (non-hydrogen) atoms. The van der Waals surface area contributed by atoms with Gasteiger partial charge in [-0.1, -0.05) is 36.7 Å². The lowest BCUT2D eigenvalue weighted by atomic mass is 10.1. The summed E-state index contributed by atoms with van der Waals surface area (Å²) < 4.78 is 25.6. The Hall–Kier alpha value is -1.31.